The lowest BCUT2D eigenvalue weighted by atomic mass is 10.0. The molecule has 34 heavy (non-hydrogen) atoms. The molecule has 0 heterocycles. The van der Waals surface area contributed by atoms with Crippen molar-refractivity contribution in [3.63, 3.8) is 0 Å². The third-order valence-corrected chi connectivity index (χ3v) is 5.71. The fourth-order valence-electron chi connectivity index (χ4n) is 3.89. The summed E-state index contributed by atoms with van der Waals surface area (Å²) in [5, 5.41) is 32.4. The Morgan fingerprint density at radius 1 is 0.529 bits per heavy atom. The van der Waals surface area contributed by atoms with E-state index in [9.17, 15) is 15.3 Å². The first kappa shape index (κ1) is 24.7. The van der Waals surface area contributed by atoms with Gasteiger partial charge in [0.2, 0.25) is 0 Å². The van der Waals surface area contributed by atoms with Crippen LogP contribution in [0.15, 0.2) is 97.1 Å². The van der Waals surface area contributed by atoms with Crippen molar-refractivity contribution in [2.75, 3.05) is 0 Å². The second kappa shape index (κ2) is 11.8. The van der Waals surface area contributed by atoms with Gasteiger partial charge in [0.15, 0.2) is 0 Å². The molecule has 3 heteroatoms. The van der Waals surface area contributed by atoms with E-state index in [4.69, 9.17) is 0 Å². The summed E-state index contributed by atoms with van der Waals surface area (Å²) in [5.74, 6) is 1.19. The largest absolute Gasteiger partial charge is 0.507 e. The minimum atomic E-state index is 0.350. The number of phenolic OH excluding ortho intramolecular Hbond substituents is 3. The molecule has 0 bridgehead atoms. The average molecular weight is 453 g/mol. The Morgan fingerprint density at radius 3 is 1.29 bits per heavy atom. The number of benzene rings is 5. The Hall–Kier alpha value is -3.98. The molecule has 0 aliphatic heterocycles. The highest BCUT2D eigenvalue weighted by molar-refractivity contribution is 5.88. The molecule has 0 saturated carbocycles. The van der Waals surface area contributed by atoms with E-state index >= 15 is 0 Å². The van der Waals surface area contributed by atoms with Gasteiger partial charge in [-0.05, 0) is 53.8 Å². The first-order chi connectivity index (χ1) is 16.4. The molecule has 0 atom stereocenters. The molecule has 5 aromatic rings. The summed E-state index contributed by atoms with van der Waals surface area (Å²) < 4.78 is 0. The summed E-state index contributed by atoms with van der Waals surface area (Å²) in [4.78, 5) is 0. The van der Waals surface area contributed by atoms with Crippen LogP contribution in [0.25, 0.3) is 21.5 Å². The molecule has 0 aliphatic carbocycles. The van der Waals surface area contributed by atoms with Gasteiger partial charge in [0.1, 0.15) is 17.2 Å². The molecular weight excluding hydrogens is 420 g/mol. The predicted molar refractivity (Wildman–Crippen MR) is 143 cm³/mol. The van der Waals surface area contributed by atoms with Gasteiger partial charge in [-0.1, -0.05) is 104 Å². The highest BCUT2D eigenvalue weighted by Crippen LogP contribution is 2.25. The lowest BCUT2D eigenvalue weighted by Gasteiger charge is -2.08. The number of rotatable bonds is 2. The zero-order valence-corrected chi connectivity index (χ0v) is 20.0. The molecule has 0 aliphatic rings. The van der Waals surface area contributed by atoms with Gasteiger partial charge in [-0.15, -0.1) is 0 Å². The van der Waals surface area contributed by atoms with Crippen LogP contribution in [0.5, 0.6) is 17.2 Å². The topological polar surface area (TPSA) is 60.7 Å². The molecule has 0 saturated heterocycles. The SMILES string of the molecule is CCc1cc(C)cc(CC)c1O.Oc1cccc2ccccc12.Oc1cccc2ccccc12. The lowest BCUT2D eigenvalue weighted by Crippen LogP contribution is -1.90. The van der Waals surface area contributed by atoms with E-state index in [0.717, 1.165) is 45.5 Å². The maximum atomic E-state index is 9.71. The Kier molecular flexibility index (Phi) is 8.53. The standard InChI is InChI=1S/C11H16O.2C10H8O/c1-4-9-6-8(3)7-10(5-2)11(9)12;2*11-10-7-3-5-8-4-1-2-6-9(8)10/h6-7,12H,4-5H2,1-3H3;2*1-7,11H. The molecule has 5 aromatic carbocycles. The maximum absolute atomic E-state index is 9.71. The summed E-state index contributed by atoms with van der Waals surface area (Å²) in [5.41, 5.74) is 3.36. The molecule has 5 rings (SSSR count). The summed E-state index contributed by atoms with van der Waals surface area (Å²) in [6.45, 7) is 6.19. The molecule has 0 radical (unpaired) electrons. The predicted octanol–water partition coefficient (Wildman–Crippen LogP) is 7.92. The third-order valence-electron chi connectivity index (χ3n) is 5.71. The van der Waals surface area contributed by atoms with Crippen LogP contribution in [0.4, 0.5) is 0 Å². The van der Waals surface area contributed by atoms with E-state index in [1.54, 1.807) is 12.1 Å². The Labute approximate surface area is 201 Å². The van der Waals surface area contributed by atoms with Crippen LogP contribution in [0.2, 0.25) is 0 Å². The van der Waals surface area contributed by atoms with Crippen LogP contribution < -0.4 is 0 Å². The number of hydrogen-bond donors (Lipinski definition) is 3. The van der Waals surface area contributed by atoms with Crippen LogP contribution >= 0.6 is 0 Å². The lowest BCUT2D eigenvalue weighted by molar-refractivity contribution is 0.462. The van der Waals surface area contributed by atoms with Gasteiger partial charge in [-0.25, -0.2) is 0 Å². The fraction of sp³-hybridized carbons (Fsp3) is 0.161. The van der Waals surface area contributed by atoms with Gasteiger partial charge in [-0.2, -0.15) is 0 Å². The Morgan fingerprint density at radius 2 is 0.912 bits per heavy atom. The van der Waals surface area contributed by atoms with Crippen LogP contribution in [-0.2, 0) is 12.8 Å². The van der Waals surface area contributed by atoms with Crippen LogP contribution in [0, 0.1) is 6.92 Å². The third kappa shape index (κ3) is 6.08. The molecule has 0 aromatic heterocycles. The van der Waals surface area contributed by atoms with E-state index in [0.29, 0.717) is 17.2 Å². The molecule has 3 N–H and O–H groups in total. The second-order valence-electron chi connectivity index (χ2n) is 8.14. The van der Waals surface area contributed by atoms with Crippen LogP contribution in [0.3, 0.4) is 0 Å². The summed E-state index contributed by atoms with van der Waals surface area (Å²) in [6.07, 6.45) is 1.81. The molecule has 174 valence electrons. The van der Waals surface area contributed by atoms with Crippen molar-refractivity contribution in [2.45, 2.75) is 33.6 Å². The first-order valence-electron chi connectivity index (χ1n) is 11.6. The molecule has 0 spiro atoms. The van der Waals surface area contributed by atoms with E-state index in [-0.39, 0.29) is 0 Å². The summed E-state index contributed by atoms with van der Waals surface area (Å²) in [7, 11) is 0. The average Bonchev–Trinajstić information content (AvgIpc) is 2.87. The first-order valence-corrected chi connectivity index (χ1v) is 11.6. The fourth-order valence-corrected chi connectivity index (χ4v) is 3.89. The highest BCUT2D eigenvalue weighted by Gasteiger charge is 2.04. The van der Waals surface area contributed by atoms with E-state index in [2.05, 4.69) is 32.9 Å². The quantitative estimate of drug-likeness (QED) is 0.255. The van der Waals surface area contributed by atoms with Gasteiger partial charge in [0.25, 0.3) is 0 Å². The molecule has 3 nitrogen and oxygen atoms in total. The van der Waals surface area contributed by atoms with Crippen LogP contribution in [0.1, 0.15) is 30.5 Å². The van der Waals surface area contributed by atoms with Crippen molar-refractivity contribution in [3.05, 3.63) is 114 Å². The molecule has 0 fully saturated rings. The van der Waals surface area contributed by atoms with Gasteiger partial charge in [-0.3, -0.25) is 0 Å². The van der Waals surface area contributed by atoms with Crippen molar-refractivity contribution in [1.29, 1.82) is 0 Å². The Bertz CT molecular complexity index is 1260. The number of aromatic hydroxyl groups is 3. The highest BCUT2D eigenvalue weighted by atomic mass is 16.3. The number of phenols is 3. The van der Waals surface area contributed by atoms with Gasteiger partial charge in [0.05, 0.1) is 0 Å². The van der Waals surface area contributed by atoms with E-state index < -0.39 is 0 Å². The second-order valence-corrected chi connectivity index (χ2v) is 8.14. The number of aryl methyl sites for hydroxylation is 3. The zero-order valence-electron chi connectivity index (χ0n) is 20.0. The van der Waals surface area contributed by atoms with Crippen molar-refractivity contribution in [3.8, 4) is 17.2 Å². The van der Waals surface area contributed by atoms with Gasteiger partial charge < -0.3 is 15.3 Å². The van der Waals surface area contributed by atoms with E-state index in [1.807, 2.05) is 72.8 Å². The van der Waals surface area contributed by atoms with Crippen molar-refractivity contribution in [1.82, 2.24) is 0 Å². The van der Waals surface area contributed by atoms with Crippen molar-refractivity contribution >= 4 is 21.5 Å². The molecule has 0 amide bonds. The van der Waals surface area contributed by atoms with E-state index in [1.165, 1.54) is 5.56 Å². The minimum Gasteiger partial charge on any atom is -0.507 e. The summed E-state index contributed by atoms with van der Waals surface area (Å²) in [6, 6.07) is 30.7. The number of hydrogen-bond acceptors (Lipinski definition) is 3. The summed E-state index contributed by atoms with van der Waals surface area (Å²) >= 11 is 0. The molecule has 0 unspecified atom stereocenters. The normalized spacial score (nSPS) is 10.2. The van der Waals surface area contributed by atoms with Crippen molar-refractivity contribution in [2.24, 2.45) is 0 Å². The van der Waals surface area contributed by atoms with Gasteiger partial charge in [0, 0.05) is 10.8 Å². The van der Waals surface area contributed by atoms with Crippen LogP contribution in [-0.4, -0.2) is 15.3 Å². The maximum Gasteiger partial charge on any atom is 0.123 e. The van der Waals surface area contributed by atoms with Crippen molar-refractivity contribution < 1.29 is 15.3 Å². The Balaban J connectivity index is 0.000000143. The smallest absolute Gasteiger partial charge is 0.123 e. The number of fused-ring (bicyclic) bond motifs is 2. The monoisotopic (exact) mass is 452 g/mol. The molecular formula is C31H32O3. The zero-order chi connectivity index (χ0) is 24.5. The minimum absolute atomic E-state index is 0.350. The van der Waals surface area contributed by atoms with Gasteiger partial charge >= 0.3 is 0 Å².